The maximum atomic E-state index is 10.9. The average molecular weight is 202 g/mol. The lowest BCUT2D eigenvalue weighted by Gasteiger charge is -2.18. The minimum Gasteiger partial charge on any atom is -0.481 e. The van der Waals surface area contributed by atoms with Crippen LogP contribution < -0.4 is 11.1 Å². The molecule has 0 radical (unpaired) electrons. The summed E-state index contributed by atoms with van der Waals surface area (Å²) in [6.07, 6.45) is 0.614. The Hall–Kier alpha value is -1.10. The zero-order valence-electron chi connectivity index (χ0n) is 8.62. The summed E-state index contributed by atoms with van der Waals surface area (Å²) in [5.74, 6) is -1.10. The fourth-order valence-corrected chi connectivity index (χ4v) is 1.16. The topological polar surface area (TPSA) is 92.4 Å². The van der Waals surface area contributed by atoms with Gasteiger partial charge >= 0.3 is 5.97 Å². The highest BCUT2D eigenvalue weighted by Crippen LogP contribution is 2.00. The first-order valence-electron chi connectivity index (χ1n) is 4.69. The lowest BCUT2D eigenvalue weighted by molar-refractivity contribution is -0.137. The third-order valence-electron chi connectivity index (χ3n) is 1.90. The van der Waals surface area contributed by atoms with Crippen LogP contribution in [0.2, 0.25) is 0 Å². The number of nitrogens with one attached hydrogen (secondary N) is 1. The summed E-state index contributed by atoms with van der Waals surface area (Å²) in [6.45, 7) is 4.28. The van der Waals surface area contributed by atoms with E-state index in [0.717, 1.165) is 0 Å². The largest absolute Gasteiger partial charge is 0.481 e. The Kier molecular flexibility index (Phi) is 5.87. The molecule has 0 saturated heterocycles. The van der Waals surface area contributed by atoms with Gasteiger partial charge in [-0.15, -0.1) is 0 Å². The summed E-state index contributed by atoms with van der Waals surface area (Å²) in [5.41, 5.74) is 5.16. The highest BCUT2D eigenvalue weighted by atomic mass is 16.4. The number of aliphatic carboxylic acids is 1. The number of primary amides is 1. The Bertz CT molecular complexity index is 204. The zero-order valence-corrected chi connectivity index (χ0v) is 8.62. The van der Waals surface area contributed by atoms with Crippen LogP contribution >= 0.6 is 0 Å². The van der Waals surface area contributed by atoms with Crippen LogP contribution in [0, 0.1) is 5.92 Å². The molecule has 0 bridgehead atoms. The fraction of sp³-hybridized carbons (Fsp3) is 0.778. The molecule has 5 nitrogen and oxygen atoms in total. The first kappa shape index (κ1) is 12.9. The van der Waals surface area contributed by atoms with Crippen LogP contribution in [0.3, 0.4) is 0 Å². The van der Waals surface area contributed by atoms with Crippen molar-refractivity contribution >= 4 is 11.9 Å². The molecule has 0 spiro atoms. The van der Waals surface area contributed by atoms with E-state index in [1.165, 1.54) is 0 Å². The van der Waals surface area contributed by atoms with Crippen LogP contribution in [0.5, 0.6) is 0 Å². The Labute approximate surface area is 83.7 Å². The van der Waals surface area contributed by atoms with Gasteiger partial charge in [0.15, 0.2) is 0 Å². The van der Waals surface area contributed by atoms with E-state index < -0.39 is 11.9 Å². The van der Waals surface area contributed by atoms with Gasteiger partial charge in [0.05, 0.1) is 6.04 Å². The zero-order chi connectivity index (χ0) is 11.1. The quantitative estimate of drug-likeness (QED) is 0.505. The number of carboxylic acids is 1. The van der Waals surface area contributed by atoms with Crippen LogP contribution in [-0.2, 0) is 9.59 Å². The Morgan fingerprint density at radius 3 is 2.36 bits per heavy atom. The number of rotatable bonds is 7. The van der Waals surface area contributed by atoms with Crippen molar-refractivity contribution in [1.29, 1.82) is 0 Å². The molecule has 14 heavy (non-hydrogen) atoms. The van der Waals surface area contributed by atoms with Gasteiger partial charge in [0, 0.05) is 6.42 Å². The summed E-state index contributed by atoms with van der Waals surface area (Å²) < 4.78 is 0. The van der Waals surface area contributed by atoms with Gasteiger partial charge in [-0.1, -0.05) is 13.8 Å². The molecule has 0 aliphatic rings. The van der Waals surface area contributed by atoms with Crippen molar-refractivity contribution in [3.63, 3.8) is 0 Å². The van der Waals surface area contributed by atoms with Gasteiger partial charge in [-0.25, -0.2) is 0 Å². The Balaban J connectivity index is 3.73. The van der Waals surface area contributed by atoms with Crippen LogP contribution in [0.25, 0.3) is 0 Å². The smallest absolute Gasteiger partial charge is 0.303 e. The Morgan fingerprint density at radius 2 is 2.00 bits per heavy atom. The van der Waals surface area contributed by atoms with Crippen molar-refractivity contribution < 1.29 is 14.7 Å². The molecule has 0 aromatic carbocycles. The number of carbonyl (C=O) groups excluding carboxylic acids is 1. The highest BCUT2D eigenvalue weighted by molar-refractivity contribution is 5.80. The second kappa shape index (κ2) is 6.37. The van der Waals surface area contributed by atoms with E-state index in [0.29, 0.717) is 13.0 Å². The fourth-order valence-electron chi connectivity index (χ4n) is 1.16. The molecular formula is C9H18N2O3. The molecule has 0 heterocycles. The second-order valence-electron chi connectivity index (χ2n) is 3.58. The van der Waals surface area contributed by atoms with Crippen LogP contribution in [0.1, 0.15) is 26.7 Å². The number of carbonyl (C=O) groups is 2. The monoisotopic (exact) mass is 202 g/mol. The molecule has 0 aliphatic heterocycles. The predicted octanol–water partition coefficient (Wildman–Crippen LogP) is -0.0493. The van der Waals surface area contributed by atoms with Gasteiger partial charge in [0.25, 0.3) is 0 Å². The summed E-state index contributed by atoms with van der Waals surface area (Å²) in [6, 6.07) is -0.371. The van der Waals surface area contributed by atoms with E-state index >= 15 is 0 Å². The van der Waals surface area contributed by atoms with Gasteiger partial charge in [-0.2, -0.15) is 0 Å². The maximum Gasteiger partial charge on any atom is 0.303 e. The summed E-state index contributed by atoms with van der Waals surface area (Å²) in [5, 5.41) is 11.3. The average Bonchev–Trinajstić information content (AvgIpc) is 2.01. The molecule has 1 amide bonds. The summed E-state index contributed by atoms with van der Waals surface area (Å²) >= 11 is 0. The second-order valence-corrected chi connectivity index (χ2v) is 3.58. The lowest BCUT2D eigenvalue weighted by Crippen LogP contribution is -2.45. The normalized spacial score (nSPS) is 12.8. The van der Waals surface area contributed by atoms with Crippen LogP contribution in [0.15, 0.2) is 0 Å². The van der Waals surface area contributed by atoms with Gasteiger partial charge < -0.3 is 16.2 Å². The molecule has 1 unspecified atom stereocenters. The molecule has 0 aromatic heterocycles. The van der Waals surface area contributed by atoms with E-state index in [9.17, 15) is 9.59 Å². The van der Waals surface area contributed by atoms with Crippen molar-refractivity contribution in [2.24, 2.45) is 11.7 Å². The van der Waals surface area contributed by atoms with Crippen molar-refractivity contribution in [3.05, 3.63) is 0 Å². The molecular weight excluding hydrogens is 184 g/mol. The van der Waals surface area contributed by atoms with Gasteiger partial charge in [-0.05, 0) is 18.9 Å². The molecule has 82 valence electrons. The van der Waals surface area contributed by atoms with E-state index in [2.05, 4.69) is 5.32 Å². The number of nitrogens with two attached hydrogens (primary N) is 1. The van der Waals surface area contributed by atoms with E-state index in [-0.39, 0.29) is 18.4 Å². The number of carboxylic acid groups (broad SMARTS) is 1. The predicted molar refractivity (Wildman–Crippen MR) is 52.7 cm³/mol. The molecule has 5 heteroatoms. The van der Waals surface area contributed by atoms with E-state index in [4.69, 9.17) is 10.8 Å². The van der Waals surface area contributed by atoms with Crippen molar-refractivity contribution in [2.75, 3.05) is 6.54 Å². The van der Waals surface area contributed by atoms with Crippen molar-refractivity contribution in [2.45, 2.75) is 32.7 Å². The first-order valence-corrected chi connectivity index (χ1v) is 4.69. The SMILES string of the molecule is CC(C)C(NCCCC(=O)O)C(N)=O. The number of amides is 1. The summed E-state index contributed by atoms with van der Waals surface area (Å²) in [4.78, 5) is 21.1. The van der Waals surface area contributed by atoms with Gasteiger partial charge in [-0.3, -0.25) is 9.59 Å². The molecule has 0 rings (SSSR count). The molecule has 0 saturated carbocycles. The Morgan fingerprint density at radius 1 is 1.43 bits per heavy atom. The molecule has 0 aliphatic carbocycles. The maximum absolute atomic E-state index is 10.9. The minimum atomic E-state index is -0.827. The molecule has 1 atom stereocenters. The highest BCUT2D eigenvalue weighted by Gasteiger charge is 2.17. The number of hydrogen-bond acceptors (Lipinski definition) is 3. The van der Waals surface area contributed by atoms with Gasteiger partial charge in [0.2, 0.25) is 5.91 Å². The molecule has 0 fully saturated rings. The molecule has 0 aromatic rings. The van der Waals surface area contributed by atoms with Crippen LogP contribution in [-0.4, -0.2) is 29.6 Å². The first-order chi connectivity index (χ1) is 6.45. The van der Waals surface area contributed by atoms with Crippen molar-refractivity contribution in [1.82, 2.24) is 5.32 Å². The van der Waals surface area contributed by atoms with Crippen molar-refractivity contribution in [3.8, 4) is 0 Å². The van der Waals surface area contributed by atoms with Crippen LogP contribution in [0.4, 0.5) is 0 Å². The standard InChI is InChI=1S/C9H18N2O3/c1-6(2)8(9(10)14)11-5-3-4-7(12)13/h6,8,11H,3-5H2,1-2H3,(H2,10,14)(H,12,13). The van der Waals surface area contributed by atoms with Gasteiger partial charge in [0.1, 0.15) is 0 Å². The third kappa shape index (κ3) is 5.53. The van der Waals surface area contributed by atoms with E-state index in [1.807, 2.05) is 13.8 Å². The molecule has 4 N–H and O–H groups in total. The number of hydrogen-bond donors (Lipinski definition) is 3. The summed E-state index contributed by atoms with van der Waals surface area (Å²) in [7, 11) is 0. The lowest BCUT2D eigenvalue weighted by atomic mass is 10.0. The minimum absolute atomic E-state index is 0.108. The third-order valence-corrected chi connectivity index (χ3v) is 1.90. The van der Waals surface area contributed by atoms with E-state index in [1.54, 1.807) is 0 Å².